The molecule has 0 saturated heterocycles. The van der Waals surface area contributed by atoms with Crippen LogP contribution in [0.4, 0.5) is 4.39 Å². The highest BCUT2D eigenvalue weighted by Crippen LogP contribution is 2.10. The third-order valence-electron chi connectivity index (χ3n) is 1.48. The molecule has 1 aromatic heterocycles. The lowest BCUT2D eigenvalue weighted by Crippen LogP contribution is -1.98. The molecule has 1 aromatic rings. The molecule has 0 radical (unpaired) electrons. The van der Waals surface area contributed by atoms with Crippen molar-refractivity contribution < 1.29 is 9.13 Å². The summed E-state index contributed by atoms with van der Waals surface area (Å²) in [7, 11) is 0. The van der Waals surface area contributed by atoms with Gasteiger partial charge in [-0.3, -0.25) is 9.37 Å². The van der Waals surface area contributed by atoms with Gasteiger partial charge in [-0.05, 0) is 12.1 Å². The number of nitrogens with zero attached hydrogens (tertiary/aromatic N) is 1. The van der Waals surface area contributed by atoms with Crippen molar-refractivity contribution in [1.29, 1.82) is 0 Å². The van der Waals surface area contributed by atoms with E-state index >= 15 is 0 Å². The molecule has 2 nitrogen and oxygen atoms in total. The summed E-state index contributed by atoms with van der Waals surface area (Å²) in [6.45, 7) is 0.0333. The van der Waals surface area contributed by atoms with Crippen molar-refractivity contribution >= 4 is 11.6 Å². The van der Waals surface area contributed by atoms with Crippen molar-refractivity contribution in [2.45, 2.75) is 12.3 Å². The Labute approximate surface area is 81.7 Å². The first kappa shape index (κ1) is 10.3. The van der Waals surface area contributed by atoms with Gasteiger partial charge in [-0.15, -0.1) is 11.6 Å². The third-order valence-corrected chi connectivity index (χ3v) is 1.76. The molecule has 0 bridgehead atoms. The minimum Gasteiger partial charge on any atom is -0.492 e. The molecule has 0 aromatic carbocycles. The van der Waals surface area contributed by atoms with Gasteiger partial charge in [-0.2, -0.15) is 0 Å². The number of pyridine rings is 1. The summed E-state index contributed by atoms with van der Waals surface area (Å²) >= 11 is 5.55. The van der Waals surface area contributed by atoms with Crippen LogP contribution in [0.15, 0.2) is 18.3 Å². The molecule has 0 fully saturated rings. The van der Waals surface area contributed by atoms with E-state index in [1.165, 1.54) is 0 Å². The summed E-state index contributed by atoms with van der Waals surface area (Å²) in [6, 6.07) is 3.57. The standard InChI is InChI=1S/C9H11ClFNO/c10-6-8-2-3-9(7-12-8)13-5-1-4-11/h2-3,7H,1,4-6H2. The van der Waals surface area contributed by atoms with Crippen molar-refractivity contribution in [1.82, 2.24) is 4.98 Å². The van der Waals surface area contributed by atoms with Gasteiger partial charge >= 0.3 is 0 Å². The Morgan fingerprint density at radius 2 is 2.31 bits per heavy atom. The van der Waals surface area contributed by atoms with Crippen LogP contribution in [-0.2, 0) is 5.88 Å². The normalized spacial score (nSPS) is 10.0. The molecule has 4 heteroatoms. The van der Waals surface area contributed by atoms with Crippen LogP contribution in [0.1, 0.15) is 12.1 Å². The monoisotopic (exact) mass is 203 g/mol. The molecule has 0 amide bonds. The maximum absolute atomic E-state index is 11.7. The first-order valence-corrected chi connectivity index (χ1v) is 4.60. The molecular formula is C9H11ClFNO. The van der Waals surface area contributed by atoms with Crippen molar-refractivity contribution in [3.05, 3.63) is 24.0 Å². The fourth-order valence-corrected chi connectivity index (χ4v) is 0.978. The molecule has 0 unspecified atom stereocenters. The van der Waals surface area contributed by atoms with Gasteiger partial charge in [0.2, 0.25) is 0 Å². The van der Waals surface area contributed by atoms with E-state index in [4.69, 9.17) is 16.3 Å². The molecule has 0 spiro atoms. The van der Waals surface area contributed by atoms with Crippen LogP contribution >= 0.6 is 11.6 Å². The van der Waals surface area contributed by atoms with E-state index in [0.29, 0.717) is 24.7 Å². The summed E-state index contributed by atoms with van der Waals surface area (Å²) in [4.78, 5) is 4.03. The van der Waals surface area contributed by atoms with Gasteiger partial charge in [-0.25, -0.2) is 0 Å². The third kappa shape index (κ3) is 3.59. The Morgan fingerprint density at radius 1 is 1.46 bits per heavy atom. The van der Waals surface area contributed by atoms with Gasteiger partial charge in [-0.1, -0.05) is 0 Å². The smallest absolute Gasteiger partial charge is 0.137 e. The number of halogens is 2. The molecule has 0 atom stereocenters. The first-order valence-electron chi connectivity index (χ1n) is 4.06. The number of aromatic nitrogens is 1. The van der Waals surface area contributed by atoms with E-state index in [-0.39, 0.29) is 6.67 Å². The molecule has 0 saturated carbocycles. The molecule has 0 aliphatic heterocycles. The van der Waals surface area contributed by atoms with Gasteiger partial charge in [0.15, 0.2) is 0 Å². The Morgan fingerprint density at radius 3 is 2.85 bits per heavy atom. The molecule has 1 rings (SSSR count). The second-order valence-electron chi connectivity index (χ2n) is 2.51. The summed E-state index contributed by atoms with van der Waals surface area (Å²) in [5.41, 5.74) is 0.805. The minimum absolute atomic E-state index is 0.354. The highest BCUT2D eigenvalue weighted by molar-refractivity contribution is 6.16. The van der Waals surface area contributed by atoms with E-state index in [2.05, 4.69) is 4.98 Å². The van der Waals surface area contributed by atoms with E-state index in [1.807, 2.05) is 0 Å². The maximum Gasteiger partial charge on any atom is 0.137 e. The summed E-state index contributed by atoms with van der Waals surface area (Å²) in [5, 5.41) is 0. The average Bonchev–Trinajstić information content (AvgIpc) is 2.19. The average molecular weight is 204 g/mol. The van der Waals surface area contributed by atoms with Gasteiger partial charge < -0.3 is 4.74 Å². The fourth-order valence-electron chi connectivity index (χ4n) is 0.820. The Balaban J connectivity index is 2.40. The zero-order chi connectivity index (χ0) is 9.52. The number of alkyl halides is 2. The highest BCUT2D eigenvalue weighted by atomic mass is 35.5. The summed E-state index contributed by atoms with van der Waals surface area (Å²) in [6.07, 6.45) is 2.01. The molecule has 0 N–H and O–H groups in total. The Hall–Kier alpha value is -0.830. The Kier molecular flexibility index (Phi) is 4.54. The van der Waals surface area contributed by atoms with Crippen molar-refractivity contribution in [3.8, 4) is 5.75 Å². The highest BCUT2D eigenvalue weighted by Gasteiger charge is 1.95. The van der Waals surface area contributed by atoms with Crippen LogP contribution in [-0.4, -0.2) is 18.3 Å². The predicted octanol–water partition coefficient (Wildman–Crippen LogP) is 2.56. The van der Waals surface area contributed by atoms with Crippen LogP contribution in [0.2, 0.25) is 0 Å². The van der Waals surface area contributed by atoms with Crippen LogP contribution in [0, 0.1) is 0 Å². The molecule has 0 aliphatic carbocycles. The van der Waals surface area contributed by atoms with Crippen LogP contribution < -0.4 is 4.74 Å². The summed E-state index contributed by atoms with van der Waals surface area (Å²) < 4.78 is 16.9. The van der Waals surface area contributed by atoms with Gasteiger partial charge in [0, 0.05) is 6.42 Å². The molecule has 72 valence electrons. The molecule has 1 heterocycles. The fraction of sp³-hybridized carbons (Fsp3) is 0.444. The number of rotatable bonds is 5. The van der Waals surface area contributed by atoms with E-state index in [1.54, 1.807) is 18.3 Å². The zero-order valence-electron chi connectivity index (χ0n) is 7.17. The quantitative estimate of drug-likeness (QED) is 0.542. The SMILES string of the molecule is FCCCOc1ccc(CCl)nc1. The summed E-state index contributed by atoms with van der Waals surface area (Å²) in [5.74, 6) is 1.05. The Bertz CT molecular complexity index is 240. The zero-order valence-corrected chi connectivity index (χ0v) is 7.93. The van der Waals surface area contributed by atoms with E-state index in [9.17, 15) is 4.39 Å². The first-order chi connectivity index (χ1) is 6.36. The lowest BCUT2D eigenvalue weighted by atomic mass is 10.4. The number of hydrogen-bond donors (Lipinski definition) is 0. The topological polar surface area (TPSA) is 22.1 Å². The van der Waals surface area contributed by atoms with Gasteiger partial charge in [0.1, 0.15) is 5.75 Å². The van der Waals surface area contributed by atoms with Crippen molar-refractivity contribution in [3.63, 3.8) is 0 Å². The van der Waals surface area contributed by atoms with Crippen LogP contribution in [0.25, 0.3) is 0 Å². The lowest BCUT2D eigenvalue weighted by molar-refractivity contribution is 0.288. The second kappa shape index (κ2) is 5.75. The van der Waals surface area contributed by atoms with Crippen LogP contribution in [0.3, 0.4) is 0 Å². The molecule has 0 aliphatic rings. The van der Waals surface area contributed by atoms with Crippen molar-refractivity contribution in [2.24, 2.45) is 0 Å². The van der Waals surface area contributed by atoms with Gasteiger partial charge in [0.25, 0.3) is 0 Å². The van der Waals surface area contributed by atoms with Crippen LogP contribution in [0.5, 0.6) is 5.75 Å². The van der Waals surface area contributed by atoms with E-state index < -0.39 is 0 Å². The molecular weight excluding hydrogens is 193 g/mol. The number of hydrogen-bond acceptors (Lipinski definition) is 2. The number of ether oxygens (including phenoxy) is 1. The molecule has 13 heavy (non-hydrogen) atoms. The minimum atomic E-state index is -0.354. The van der Waals surface area contributed by atoms with Crippen molar-refractivity contribution in [2.75, 3.05) is 13.3 Å². The van der Waals surface area contributed by atoms with Gasteiger partial charge in [0.05, 0.1) is 31.1 Å². The maximum atomic E-state index is 11.7. The predicted molar refractivity (Wildman–Crippen MR) is 49.9 cm³/mol. The van der Waals surface area contributed by atoms with E-state index in [0.717, 1.165) is 5.69 Å². The lowest BCUT2D eigenvalue weighted by Gasteiger charge is -2.03. The second-order valence-corrected chi connectivity index (χ2v) is 2.78. The largest absolute Gasteiger partial charge is 0.492 e.